The number of piperidine rings is 1. The van der Waals surface area contributed by atoms with Gasteiger partial charge in [0.1, 0.15) is 6.04 Å². The van der Waals surface area contributed by atoms with Crippen LogP contribution < -0.4 is 5.56 Å². The van der Waals surface area contributed by atoms with Gasteiger partial charge >= 0.3 is 0 Å². The minimum atomic E-state index is -0.226. The fourth-order valence-electron chi connectivity index (χ4n) is 5.37. The molecule has 7 heteroatoms. The van der Waals surface area contributed by atoms with E-state index in [2.05, 4.69) is 57.5 Å². The molecule has 0 spiro atoms. The number of aryl methyl sites for hydroxylation is 2. The normalized spacial score (nSPS) is 20.0. The summed E-state index contributed by atoms with van der Waals surface area (Å²) in [6.45, 7) is 8.36. The van der Waals surface area contributed by atoms with Crippen molar-refractivity contribution in [1.82, 2.24) is 30.1 Å². The van der Waals surface area contributed by atoms with Gasteiger partial charge in [0, 0.05) is 10.9 Å². The van der Waals surface area contributed by atoms with Crippen LogP contribution in [0, 0.1) is 19.8 Å². The summed E-state index contributed by atoms with van der Waals surface area (Å²) in [6, 6.07) is 6.39. The maximum Gasteiger partial charge on any atom is 0.253 e. The number of pyridine rings is 1. The number of nitrogens with one attached hydrogen (secondary N) is 1. The predicted molar refractivity (Wildman–Crippen MR) is 121 cm³/mol. The zero-order valence-corrected chi connectivity index (χ0v) is 18.8. The quantitative estimate of drug-likeness (QED) is 0.688. The van der Waals surface area contributed by atoms with Crippen LogP contribution in [-0.2, 0) is 0 Å². The maximum atomic E-state index is 13.4. The number of aromatic amines is 1. The number of hydrogen-bond donors (Lipinski definition) is 1. The number of tetrazole rings is 1. The minimum Gasteiger partial charge on any atom is -0.321 e. The molecule has 1 saturated heterocycles. The van der Waals surface area contributed by atoms with E-state index < -0.39 is 0 Å². The zero-order chi connectivity index (χ0) is 21.5. The third-order valence-electron chi connectivity index (χ3n) is 7.38. The van der Waals surface area contributed by atoms with Crippen molar-refractivity contribution in [3.8, 4) is 0 Å². The van der Waals surface area contributed by atoms with E-state index in [9.17, 15) is 4.79 Å². The van der Waals surface area contributed by atoms with E-state index in [1.54, 1.807) is 0 Å². The number of rotatable bonds is 4. The van der Waals surface area contributed by atoms with E-state index in [-0.39, 0.29) is 11.6 Å². The third-order valence-corrected chi connectivity index (χ3v) is 7.38. The number of nitrogens with zero attached hydrogens (tertiary/aromatic N) is 5. The summed E-state index contributed by atoms with van der Waals surface area (Å²) in [5.41, 5.74) is 3.90. The van der Waals surface area contributed by atoms with E-state index in [1.807, 2.05) is 11.6 Å². The number of benzene rings is 1. The van der Waals surface area contributed by atoms with Gasteiger partial charge < -0.3 is 4.98 Å². The molecule has 2 aromatic heterocycles. The largest absolute Gasteiger partial charge is 0.321 e. The van der Waals surface area contributed by atoms with Gasteiger partial charge in [-0.25, -0.2) is 4.68 Å². The van der Waals surface area contributed by atoms with Gasteiger partial charge in [0.15, 0.2) is 5.82 Å². The molecule has 164 valence electrons. The van der Waals surface area contributed by atoms with Crippen molar-refractivity contribution < 1.29 is 0 Å². The second-order valence-electron chi connectivity index (χ2n) is 9.58. The average molecular weight is 421 g/mol. The Balaban J connectivity index is 1.67. The lowest BCUT2D eigenvalue weighted by Gasteiger charge is -2.36. The van der Waals surface area contributed by atoms with Crippen LogP contribution in [0.2, 0.25) is 0 Å². The van der Waals surface area contributed by atoms with E-state index in [0.717, 1.165) is 66.6 Å². The van der Waals surface area contributed by atoms with Gasteiger partial charge in [-0.05, 0) is 86.2 Å². The molecule has 3 aromatic rings. The molecule has 1 saturated carbocycles. The molecule has 0 amide bonds. The second-order valence-corrected chi connectivity index (χ2v) is 9.58. The predicted octanol–water partition coefficient (Wildman–Crippen LogP) is 4.07. The summed E-state index contributed by atoms with van der Waals surface area (Å²) in [5.74, 6) is 1.53. The fourth-order valence-corrected chi connectivity index (χ4v) is 5.37. The van der Waals surface area contributed by atoms with Gasteiger partial charge in [0.2, 0.25) is 0 Å². The first-order chi connectivity index (χ1) is 15.0. The molecule has 1 N–H and O–H groups in total. The van der Waals surface area contributed by atoms with Crippen molar-refractivity contribution in [2.75, 3.05) is 13.1 Å². The molecule has 0 unspecified atom stereocenters. The highest BCUT2D eigenvalue weighted by molar-refractivity contribution is 5.85. The van der Waals surface area contributed by atoms with Crippen LogP contribution in [0.25, 0.3) is 10.9 Å². The monoisotopic (exact) mass is 420 g/mol. The number of fused-ring (bicyclic) bond motifs is 1. The SMILES string of the molecule is Cc1ccc(C)c2[nH]c(=O)c([C@H](c3nnnn3C3CCCC3)N3CCC(C)CC3)cc12. The summed E-state index contributed by atoms with van der Waals surface area (Å²) in [6.07, 6.45) is 6.90. The number of likely N-dealkylation sites (tertiary alicyclic amines) is 1. The van der Waals surface area contributed by atoms with Gasteiger partial charge in [0.25, 0.3) is 5.56 Å². The molecule has 5 rings (SSSR count). The van der Waals surface area contributed by atoms with Crippen LogP contribution in [0.4, 0.5) is 0 Å². The van der Waals surface area contributed by atoms with Gasteiger partial charge in [-0.2, -0.15) is 0 Å². The highest BCUT2D eigenvalue weighted by Gasteiger charge is 2.34. The molecule has 2 aliphatic rings. The summed E-state index contributed by atoms with van der Waals surface area (Å²) < 4.78 is 2.02. The Labute approximate surface area is 182 Å². The molecule has 1 aromatic carbocycles. The van der Waals surface area contributed by atoms with Crippen molar-refractivity contribution in [1.29, 1.82) is 0 Å². The lowest BCUT2D eigenvalue weighted by Crippen LogP contribution is -2.40. The Bertz CT molecular complexity index is 1130. The van der Waals surface area contributed by atoms with E-state index in [1.165, 1.54) is 18.4 Å². The molecule has 1 aliphatic heterocycles. The fraction of sp³-hybridized carbons (Fsp3) is 0.583. The van der Waals surface area contributed by atoms with Crippen molar-refractivity contribution in [3.05, 3.63) is 51.1 Å². The highest BCUT2D eigenvalue weighted by Crippen LogP contribution is 2.35. The first-order valence-corrected chi connectivity index (χ1v) is 11.7. The maximum absolute atomic E-state index is 13.4. The molecular formula is C24H32N6O. The van der Waals surface area contributed by atoms with Crippen molar-refractivity contribution in [2.24, 2.45) is 5.92 Å². The first-order valence-electron chi connectivity index (χ1n) is 11.7. The van der Waals surface area contributed by atoms with Crippen LogP contribution >= 0.6 is 0 Å². The van der Waals surface area contributed by atoms with Gasteiger partial charge in [-0.3, -0.25) is 9.69 Å². The molecule has 0 radical (unpaired) electrons. The summed E-state index contributed by atoms with van der Waals surface area (Å²) in [4.78, 5) is 19.0. The third kappa shape index (κ3) is 3.69. The van der Waals surface area contributed by atoms with Gasteiger partial charge in [-0.15, -0.1) is 5.10 Å². The Morgan fingerprint density at radius 2 is 1.77 bits per heavy atom. The molecule has 3 heterocycles. The molecule has 1 aliphatic carbocycles. The lowest BCUT2D eigenvalue weighted by atomic mass is 9.94. The van der Waals surface area contributed by atoms with Crippen LogP contribution in [0.15, 0.2) is 23.0 Å². The second kappa shape index (κ2) is 8.19. The van der Waals surface area contributed by atoms with Crippen LogP contribution in [-0.4, -0.2) is 43.2 Å². The molecule has 7 nitrogen and oxygen atoms in total. The summed E-state index contributed by atoms with van der Waals surface area (Å²) in [7, 11) is 0. The van der Waals surface area contributed by atoms with Gasteiger partial charge in [0.05, 0.1) is 11.6 Å². The Morgan fingerprint density at radius 1 is 1.06 bits per heavy atom. The lowest BCUT2D eigenvalue weighted by molar-refractivity contribution is 0.147. The molecule has 1 atom stereocenters. The van der Waals surface area contributed by atoms with Crippen molar-refractivity contribution in [3.63, 3.8) is 0 Å². The van der Waals surface area contributed by atoms with E-state index in [0.29, 0.717) is 12.0 Å². The number of hydrogen-bond acceptors (Lipinski definition) is 5. The molecule has 2 fully saturated rings. The average Bonchev–Trinajstić information content (AvgIpc) is 3.45. The number of H-pyrrole nitrogens is 1. The standard InChI is InChI=1S/C24H32N6O/c1-15-10-12-29(13-11-15)22(23-26-27-28-30(23)18-6-4-5-7-18)20-14-19-16(2)8-9-17(3)21(19)25-24(20)31/h8-9,14-15,18,22H,4-7,10-13H2,1-3H3,(H,25,31)/t22-/m1/s1. The highest BCUT2D eigenvalue weighted by atomic mass is 16.1. The summed E-state index contributed by atoms with van der Waals surface area (Å²) in [5, 5.41) is 14.1. The molecule has 0 bridgehead atoms. The zero-order valence-electron chi connectivity index (χ0n) is 18.8. The van der Waals surface area contributed by atoms with Crippen LogP contribution in [0.3, 0.4) is 0 Å². The van der Waals surface area contributed by atoms with Crippen LogP contribution in [0.1, 0.15) is 80.0 Å². The topological polar surface area (TPSA) is 79.7 Å². The molecular weight excluding hydrogens is 388 g/mol. The van der Waals surface area contributed by atoms with E-state index >= 15 is 0 Å². The summed E-state index contributed by atoms with van der Waals surface area (Å²) >= 11 is 0. The smallest absolute Gasteiger partial charge is 0.253 e. The Kier molecular flexibility index (Phi) is 5.38. The number of aromatic nitrogens is 5. The van der Waals surface area contributed by atoms with Crippen molar-refractivity contribution in [2.45, 2.75) is 71.4 Å². The Hall–Kier alpha value is -2.54. The van der Waals surface area contributed by atoms with Crippen molar-refractivity contribution >= 4 is 10.9 Å². The minimum absolute atomic E-state index is 0.0363. The van der Waals surface area contributed by atoms with Gasteiger partial charge in [-0.1, -0.05) is 31.9 Å². The van der Waals surface area contributed by atoms with Crippen LogP contribution in [0.5, 0.6) is 0 Å². The Morgan fingerprint density at radius 3 is 2.52 bits per heavy atom. The van der Waals surface area contributed by atoms with E-state index in [4.69, 9.17) is 0 Å². The molecule has 31 heavy (non-hydrogen) atoms. The first kappa shape index (κ1) is 20.4.